The lowest BCUT2D eigenvalue weighted by Crippen LogP contribution is -1.98. The third kappa shape index (κ3) is 2.56. The van der Waals surface area contributed by atoms with Gasteiger partial charge in [-0.05, 0) is 36.9 Å². The fourth-order valence-corrected chi connectivity index (χ4v) is 2.80. The second-order valence-corrected chi connectivity index (χ2v) is 4.76. The third-order valence-electron chi connectivity index (χ3n) is 2.54. The van der Waals surface area contributed by atoms with Crippen LogP contribution in [0.5, 0.6) is 0 Å². The molecule has 0 aliphatic carbocycles. The van der Waals surface area contributed by atoms with Gasteiger partial charge in [0.2, 0.25) is 0 Å². The van der Waals surface area contributed by atoms with Crippen LogP contribution in [-0.2, 0) is 9.53 Å². The minimum absolute atomic E-state index is 0.288. The van der Waals surface area contributed by atoms with Crippen LogP contribution in [0.1, 0.15) is 17.4 Å². The first-order valence-electron chi connectivity index (χ1n) is 5.55. The molecule has 0 saturated heterocycles. The van der Waals surface area contributed by atoms with Gasteiger partial charge in [0.05, 0.1) is 6.61 Å². The summed E-state index contributed by atoms with van der Waals surface area (Å²) in [7, 11) is 0. The summed E-state index contributed by atoms with van der Waals surface area (Å²) in [6.45, 7) is 4.29. The number of carbonyl (C=O) groups excluding carboxylic acids is 1. The Bertz CT molecular complexity index is 567. The molecule has 0 saturated carbocycles. The monoisotopic (exact) mass is 246 g/mol. The van der Waals surface area contributed by atoms with Crippen molar-refractivity contribution in [3.05, 3.63) is 40.8 Å². The van der Waals surface area contributed by atoms with Crippen LogP contribution in [0.25, 0.3) is 16.2 Å². The van der Waals surface area contributed by atoms with Gasteiger partial charge in [-0.2, -0.15) is 0 Å². The van der Waals surface area contributed by atoms with Gasteiger partial charge in [-0.1, -0.05) is 18.2 Å². The van der Waals surface area contributed by atoms with Crippen molar-refractivity contribution >= 4 is 33.5 Å². The standard InChI is InChI=1S/C14H14O2S/c1-3-16-14(15)9-8-12-10(2)11-6-4-5-7-13(11)17-12/h4-9H,3H2,1-2H3. The highest BCUT2D eigenvalue weighted by Gasteiger charge is 2.05. The molecule has 2 nitrogen and oxygen atoms in total. The topological polar surface area (TPSA) is 26.3 Å². The van der Waals surface area contributed by atoms with Gasteiger partial charge in [0.15, 0.2) is 0 Å². The number of esters is 1. The lowest BCUT2D eigenvalue weighted by Gasteiger charge is -1.94. The molecule has 0 radical (unpaired) electrons. The van der Waals surface area contributed by atoms with E-state index in [4.69, 9.17) is 4.74 Å². The summed E-state index contributed by atoms with van der Waals surface area (Å²) in [4.78, 5) is 12.3. The van der Waals surface area contributed by atoms with E-state index in [-0.39, 0.29) is 5.97 Å². The predicted octanol–water partition coefficient (Wildman–Crippen LogP) is 3.79. The molecule has 0 atom stereocenters. The Kier molecular flexibility index (Phi) is 3.59. The van der Waals surface area contributed by atoms with Gasteiger partial charge in [0.25, 0.3) is 0 Å². The van der Waals surface area contributed by atoms with Crippen molar-refractivity contribution in [2.75, 3.05) is 6.61 Å². The number of ether oxygens (including phenoxy) is 1. The largest absolute Gasteiger partial charge is 0.463 e. The van der Waals surface area contributed by atoms with Crippen molar-refractivity contribution < 1.29 is 9.53 Å². The van der Waals surface area contributed by atoms with Crippen molar-refractivity contribution in [3.8, 4) is 0 Å². The summed E-state index contributed by atoms with van der Waals surface area (Å²) in [5.74, 6) is -0.288. The summed E-state index contributed by atoms with van der Waals surface area (Å²) in [6, 6.07) is 8.25. The molecule has 88 valence electrons. The van der Waals surface area contributed by atoms with E-state index >= 15 is 0 Å². The first-order valence-corrected chi connectivity index (χ1v) is 6.37. The minimum atomic E-state index is -0.288. The van der Waals surface area contributed by atoms with Gasteiger partial charge >= 0.3 is 5.97 Å². The second kappa shape index (κ2) is 5.15. The smallest absolute Gasteiger partial charge is 0.330 e. The molecule has 2 aromatic rings. The number of rotatable bonds is 3. The molecule has 0 unspecified atom stereocenters. The molecule has 0 bridgehead atoms. The molecule has 0 amide bonds. The third-order valence-corrected chi connectivity index (χ3v) is 3.78. The van der Waals surface area contributed by atoms with Gasteiger partial charge < -0.3 is 4.74 Å². The molecule has 2 rings (SSSR count). The van der Waals surface area contributed by atoms with Crippen molar-refractivity contribution in [1.82, 2.24) is 0 Å². The van der Waals surface area contributed by atoms with E-state index in [2.05, 4.69) is 19.1 Å². The van der Waals surface area contributed by atoms with Crippen molar-refractivity contribution in [1.29, 1.82) is 0 Å². The molecule has 0 fully saturated rings. The summed E-state index contributed by atoms with van der Waals surface area (Å²) in [5.41, 5.74) is 1.21. The Morgan fingerprint density at radius 2 is 2.18 bits per heavy atom. The van der Waals surface area contributed by atoms with Crippen LogP contribution in [0.15, 0.2) is 30.3 Å². The van der Waals surface area contributed by atoms with E-state index in [0.717, 1.165) is 4.88 Å². The number of hydrogen-bond acceptors (Lipinski definition) is 3. The fraction of sp³-hybridized carbons (Fsp3) is 0.214. The SMILES string of the molecule is CCOC(=O)C=Cc1sc2ccccc2c1C. The molecule has 1 aromatic heterocycles. The van der Waals surface area contributed by atoms with E-state index in [0.29, 0.717) is 6.61 Å². The Morgan fingerprint density at radius 1 is 1.41 bits per heavy atom. The summed E-state index contributed by atoms with van der Waals surface area (Å²) in [6.07, 6.45) is 3.32. The van der Waals surface area contributed by atoms with Crippen molar-refractivity contribution in [2.45, 2.75) is 13.8 Å². The van der Waals surface area contributed by atoms with Gasteiger partial charge in [0, 0.05) is 15.7 Å². The van der Waals surface area contributed by atoms with Crippen LogP contribution in [0.3, 0.4) is 0 Å². The molecule has 0 N–H and O–H groups in total. The van der Waals surface area contributed by atoms with Gasteiger partial charge in [0.1, 0.15) is 0 Å². The second-order valence-electron chi connectivity index (χ2n) is 3.67. The molecule has 1 aromatic carbocycles. The first kappa shape index (κ1) is 11.9. The normalized spacial score (nSPS) is 11.2. The Balaban J connectivity index is 2.30. The number of carbonyl (C=O) groups is 1. The van der Waals surface area contributed by atoms with E-state index in [1.165, 1.54) is 21.7 Å². The number of fused-ring (bicyclic) bond motifs is 1. The number of thiophene rings is 1. The van der Waals surface area contributed by atoms with Crippen molar-refractivity contribution in [2.24, 2.45) is 0 Å². The number of benzene rings is 1. The summed E-state index contributed by atoms with van der Waals surface area (Å²) >= 11 is 1.69. The summed E-state index contributed by atoms with van der Waals surface area (Å²) in [5, 5.41) is 1.25. The van der Waals surface area contributed by atoms with E-state index in [1.807, 2.05) is 18.2 Å². The van der Waals surface area contributed by atoms with E-state index in [9.17, 15) is 4.79 Å². The van der Waals surface area contributed by atoms with Gasteiger partial charge in [-0.25, -0.2) is 4.79 Å². The van der Waals surface area contributed by atoms with Crippen LogP contribution < -0.4 is 0 Å². The van der Waals surface area contributed by atoms with Crippen LogP contribution in [0, 0.1) is 6.92 Å². The van der Waals surface area contributed by atoms with E-state index < -0.39 is 0 Å². The number of hydrogen-bond donors (Lipinski definition) is 0. The first-order chi connectivity index (χ1) is 8.22. The lowest BCUT2D eigenvalue weighted by molar-refractivity contribution is -0.137. The highest BCUT2D eigenvalue weighted by Crippen LogP contribution is 2.31. The molecule has 3 heteroatoms. The Hall–Kier alpha value is -1.61. The highest BCUT2D eigenvalue weighted by atomic mass is 32.1. The molecule has 0 aliphatic heterocycles. The maximum Gasteiger partial charge on any atom is 0.330 e. The molecule has 1 heterocycles. The summed E-state index contributed by atoms with van der Waals surface area (Å²) < 4.78 is 6.10. The quantitative estimate of drug-likeness (QED) is 0.608. The molecular weight excluding hydrogens is 232 g/mol. The van der Waals surface area contributed by atoms with Gasteiger partial charge in [-0.15, -0.1) is 11.3 Å². The molecular formula is C14H14O2S. The zero-order valence-electron chi connectivity index (χ0n) is 9.90. The Labute approximate surface area is 105 Å². The predicted molar refractivity (Wildman–Crippen MR) is 72.2 cm³/mol. The van der Waals surface area contributed by atoms with Crippen molar-refractivity contribution in [3.63, 3.8) is 0 Å². The average Bonchev–Trinajstić information content (AvgIpc) is 2.65. The minimum Gasteiger partial charge on any atom is -0.463 e. The lowest BCUT2D eigenvalue weighted by atomic mass is 10.1. The molecule has 0 aliphatic rings. The van der Waals surface area contributed by atoms with Crippen LogP contribution in [0.4, 0.5) is 0 Å². The highest BCUT2D eigenvalue weighted by molar-refractivity contribution is 7.20. The molecule has 17 heavy (non-hydrogen) atoms. The van der Waals surface area contributed by atoms with Crippen LogP contribution in [0.2, 0.25) is 0 Å². The zero-order chi connectivity index (χ0) is 12.3. The number of aryl methyl sites for hydroxylation is 1. The van der Waals surface area contributed by atoms with Crippen LogP contribution in [-0.4, -0.2) is 12.6 Å². The van der Waals surface area contributed by atoms with Crippen LogP contribution >= 0.6 is 11.3 Å². The Morgan fingerprint density at radius 3 is 2.88 bits per heavy atom. The van der Waals surface area contributed by atoms with E-state index in [1.54, 1.807) is 18.3 Å². The average molecular weight is 246 g/mol. The fourth-order valence-electron chi connectivity index (χ4n) is 1.69. The maximum absolute atomic E-state index is 11.2. The zero-order valence-corrected chi connectivity index (χ0v) is 10.7. The maximum atomic E-state index is 11.2. The molecule has 0 spiro atoms. The van der Waals surface area contributed by atoms with Gasteiger partial charge in [-0.3, -0.25) is 0 Å².